The summed E-state index contributed by atoms with van der Waals surface area (Å²) < 4.78 is 0. The van der Waals surface area contributed by atoms with E-state index in [4.69, 9.17) is 0 Å². The van der Waals surface area contributed by atoms with Crippen molar-refractivity contribution in [1.82, 2.24) is 0 Å². The van der Waals surface area contributed by atoms with Crippen LogP contribution in [0.1, 0.15) is 16.7 Å². The number of aromatic hydroxyl groups is 1. The molecular formula is C17H18N2O3. The van der Waals surface area contributed by atoms with E-state index in [2.05, 4.69) is 10.6 Å². The van der Waals surface area contributed by atoms with Gasteiger partial charge in [0, 0.05) is 5.69 Å². The van der Waals surface area contributed by atoms with Gasteiger partial charge in [-0.3, -0.25) is 9.59 Å². The zero-order valence-electron chi connectivity index (χ0n) is 12.7. The molecule has 2 aromatic rings. The van der Waals surface area contributed by atoms with E-state index in [1.807, 2.05) is 32.9 Å². The molecule has 5 heteroatoms. The summed E-state index contributed by atoms with van der Waals surface area (Å²) in [5.74, 6) is -1.70. The second-order valence-electron chi connectivity index (χ2n) is 5.25. The lowest BCUT2D eigenvalue weighted by molar-refractivity contribution is -0.133. The lowest BCUT2D eigenvalue weighted by atomic mass is 10.1. The normalized spacial score (nSPS) is 10.1. The molecule has 0 spiro atoms. The summed E-state index contributed by atoms with van der Waals surface area (Å²) in [6, 6.07) is 10.4. The van der Waals surface area contributed by atoms with Gasteiger partial charge in [0.15, 0.2) is 0 Å². The Hall–Kier alpha value is -2.82. The van der Waals surface area contributed by atoms with Crippen molar-refractivity contribution in [2.24, 2.45) is 0 Å². The number of aryl methyl sites for hydroxylation is 3. The molecule has 0 saturated heterocycles. The number of hydrogen-bond donors (Lipinski definition) is 3. The molecule has 0 fully saturated rings. The fourth-order valence-electron chi connectivity index (χ4n) is 1.98. The van der Waals surface area contributed by atoms with Gasteiger partial charge >= 0.3 is 11.8 Å². The Balaban J connectivity index is 2.11. The topological polar surface area (TPSA) is 78.4 Å². The zero-order valence-corrected chi connectivity index (χ0v) is 12.7. The van der Waals surface area contributed by atoms with Crippen molar-refractivity contribution in [3.63, 3.8) is 0 Å². The first kappa shape index (κ1) is 15.6. The standard InChI is InChI=1S/C17H18N2O3/c1-10-4-6-12(3)13(8-10)18-16(21)17(22)19-14-9-11(2)5-7-15(14)20/h4-9,20H,1-3H3,(H,18,21)(H,19,22). The van der Waals surface area contributed by atoms with Crippen molar-refractivity contribution < 1.29 is 14.7 Å². The third-order valence-electron chi connectivity index (χ3n) is 3.25. The maximum absolute atomic E-state index is 12.0. The van der Waals surface area contributed by atoms with Gasteiger partial charge in [0.05, 0.1) is 5.69 Å². The third kappa shape index (κ3) is 3.63. The highest BCUT2D eigenvalue weighted by Crippen LogP contribution is 2.24. The Kier molecular flexibility index (Phi) is 4.46. The number of phenols is 1. The number of carbonyl (C=O) groups excluding carboxylic acids is 2. The van der Waals surface area contributed by atoms with Crippen molar-refractivity contribution in [3.05, 3.63) is 53.1 Å². The highest BCUT2D eigenvalue weighted by molar-refractivity contribution is 6.43. The molecule has 3 N–H and O–H groups in total. The monoisotopic (exact) mass is 298 g/mol. The number of amides is 2. The minimum atomic E-state index is -0.832. The molecule has 0 heterocycles. The van der Waals surface area contributed by atoms with Crippen LogP contribution in [0.4, 0.5) is 11.4 Å². The van der Waals surface area contributed by atoms with E-state index < -0.39 is 11.8 Å². The molecule has 0 bridgehead atoms. The van der Waals surface area contributed by atoms with E-state index in [1.54, 1.807) is 18.2 Å². The maximum atomic E-state index is 12.0. The lowest BCUT2D eigenvalue weighted by Crippen LogP contribution is -2.29. The Labute approximate surface area is 129 Å². The number of carbonyl (C=O) groups is 2. The Morgan fingerprint density at radius 1 is 0.818 bits per heavy atom. The molecule has 0 aliphatic carbocycles. The van der Waals surface area contributed by atoms with E-state index in [9.17, 15) is 14.7 Å². The van der Waals surface area contributed by atoms with Crippen LogP contribution in [0.5, 0.6) is 5.75 Å². The maximum Gasteiger partial charge on any atom is 0.314 e. The van der Waals surface area contributed by atoms with E-state index in [-0.39, 0.29) is 11.4 Å². The van der Waals surface area contributed by atoms with Gasteiger partial charge in [0.1, 0.15) is 5.75 Å². The van der Waals surface area contributed by atoms with Crippen molar-refractivity contribution in [1.29, 1.82) is 0 Å². The van der Waals surface area contributed by atoms with Crippen LogP contribution in [-0.2, 0) is 9.59 Å². The average molecular weight is 298 g/mol. The highest BCUT2D eigenvalue weighted by Gasteiger charge is 2.16. The molecule has 2 aromatic carbocycles. The van der Waals surface area contributed by atoms with Crippen LogP contribution in [0.3, 0.4) is 0 Å². The van der Waals surface area contributed by atoms with Crippen LogP contribution in [0.2, 0.25) is 0 Å². The number of nitrogens with one attached hydrogen (secondary N) is 2. The smallest absolute Gasteiger partial charge is 0.314 e. The fourth-order valence-corrected chi connectivity index (χ4v) is 1.98. The van der Waals surface area contributed by atoms with Crippen molar-refractivity contribution >= 4 is 23.2 Å². The molecule has 0 aliphatic rings. The van der Waals surface area contributed by atoms with Crippen LogP contribution in [0, 0.1) is 20.8 Å². The lowest BCUT2D eigenvalue weighted by Gasteiger charge is -2.10. The SMILES string of the molecule is Cc1ccc(C)c(NC(=O)C(=O)Nc2cc(C)ccc2O)c1. The van der Waals surface area contributed by atoms with Crippen molar-refractivity contribution in [3.8, 4) is 5.75 Å². The molecule has 0 aromatic heterocycles. The summed E-state index contributed by atoms with van der Waals surface area (Å²) in [5, 5.41) is 14.7. The summed E-state index contributed by atoms with van der Waals surface area (Å²) >= 11 is 0. The third-order valence-corrected chi connectivity index (χ3v) is 3.25. The minimum Gasteiger partial charge on any atom is -0.506 e. The molecule has 0 aliphatic heterocycles. The van der Waals surface area contributed by atoms with Crippen LogP contribution in [0.25, 0.3) is 0 Å². The Bertz CT molecular complexity index is 675. The summed E-state index contributed by atoms with van der Waals surface area (Å²) in [7, 11) is 0. The van der Waals surface area contributed by atoms with E-state index >= 15 is 0 Å². The Morgan fingerprint density at radius 3 is 1.95 bits per heavy atom. The largest absolute Gasteiger partial charge is 0.506 e. The van der Waals surface area contributed by atoms with Gasteiger partial charge < -0.3 is 15.7 Å². The summed E-state index contributed by atoms with van der Waals surface area (Å²) in [4.78, 5) is 23.9. The van der Waals surface area contributed by atoms with Gasteiger partial charge in [-0.15, -0.1) is 0 Å². The summed E-state index contributed by atoms with van der Waals surface area (Å²) in [5.41, 5.74) is 3.51. The number of anilines is 2. The van der Waals surface area contributed by atoms with E-state index in [1.165, 1.54) is 6.07 Å². The molecular weight excluding hydrogens is 280 g/mol. The predicted molar refractivity (Wildman–Crippen MR) is 86.0 cm³/mol. The zero-order chi connectivity index (χ0) is 16.3. The van der Waals surface area contributed by atoms with Crippen LogP contribution < -0.4 is 10.6 Å². The number of phenolic OH excluding ortho intramolecular Hbond substituents is 1. The summed E-state index contributed by atoms with van der Waals surface area (Å²) in [6.07, 6.45) is 0. The van der Waals surface area contributed by atoms with Crippen LogP contribution in [-0.4, -0.2) is 16.9 Å². The number of rotatable bonds is 2. The fraction of sp³-hybridized carbons (Fsp3) is 0.176. The molecule has 0 atom stereocenters. The second-order valence-corrected chi connectivity index (χ2v) is 5.25. The van der Waals surface area contributed by atoms with E-state index in [0.29, 0.717) is 5.69 Å². The van der Waals surface area contributed by atoms with Gasteiger partial charge in [0.2, 0.25) is 0 Å². The molecule has 0 saturated carbocycles. The predicted octanol–water partition coefficient (Wildman–Crippen LogP) is 2.89. The average Bonchev–Trinajstić information content (AvgIpc) is 2.46. The molecule has 2 amide bonds. The molecule has 114 valence electrons. The van der Waals surface area contributed by atoms with Crippen molar-refractivity contribution in [2.45, 2.75) is 20.8 Å². The van der Waals surface area contributed by atoms with Crippen molar-refractivity contribution in [2.75, 3.05) is 10.6 Å². The molecule has 5 nitrogen and oxygen atoms in total. The highest BCUT2D eigenvalue weighted by atomic mass is 16.3. The number of hydrogen-bond acceptors (Lipinski definition) is 3. The minimum absolute atomic E-state index is 0.0847. The van der Waals surface area contributed by atoms with Crippen LogP contribution in [0.15, 0.2) is 36.4 Å². The van der Waals surface area contributed by atoms with E-state index in [0.717, 1.165) is 16.7 Å². The first-order valence-corrected chi connectivity index (χ1v) is 6.86. The summed E-state index contributed by atoms with van der Waals surface area (Å²) in [6.45, 7) is 5.57. The van der Waals surface area contributed by atoms with Gasteiger partial charge in [-0.1, -0.05) is 18.2 Å². The number of benzene rings is 2. The first-order valence-electron chi connectivity index (χ1n) is 6.86. The molecule has 2 rings (SSSR count). The van der Waals surface area contributed by atoms with Gasteiger partial charge in [-0.05, 0) is 55.7 Å². The molecule has 0 radical (unpaired) electrons. The molecule has 22 heavy (non-hydrogen) atoms. The Morgan fingerprint density at radius 2 is 1.32 bits per heavy atom. The van der Waals surface area contributed by atoms with Crippen LogP contribution >= 0.6 is 0 Å². The quantitative estimate of drug-likeness (QED) is 0.589. The second kappa shape index (κ2) is 6.30. The van der Waals surface area contributed by atoms with Gasteiger partial charge in [0.25, 0.3) is 0 Å². The first-order chi connectivity index (χ1) is 10.4. The van der Waals surface area contributed by atoms with Gasteiger partial charge in [-0.2, -0.15) is 0 Å². The molecule has 0 unspecified atom stereocenters. The van der Waals surface area contributed by atoms with Gasteiger partial charge in [-0.25, -0.2) is 0 Å².